The molecule has 1 spiro atoms. The summed E-state index contributed by atoms with van der Waals surface area (Å²) < 4.78 is 32.7. The second-order valence-electron chi connectivity index (χ2n) is 11.6. The summed E-state index contributed by atoms with van der Waals surface area (Å²) in [6.45, 7) is 3.40. The van der Waals surface area contributed by atoms with Crippen LogP contribution in [0.25, 0.3) is 11.3 Å². The number of fused-ring (bicyclic) bond motifs is 1. The number of carbonyl (C=O) groups excluding carboxylic acids is 1. The molecular weight excluding hydrogens is 520 g/mol. The molecule has 1 aliphatic carbocycles. The average molecular weight is 556 g/mol. The number of likely N-dealkylation sites (tertiary alicyclic amines) is 2. The molecule has 2 N–H and O–H groups in total. The number of aromatic nitrogens is 1. The predicted octanol–water partition coefficient (Wildman–Crippen LogP) is 3.28. The lowest BCUT2D eigenvalue weighted by Gasteiger charge is -2.39. The molecular formula is C29H35F2N5O4. The van der Waals surface area contributed by atoms with Gasteiger partial charge in [0.1, 0.15) is 23.5 Å². The number of aliphatic hydroxyl groups is 1. The number of benzene rings is 1. The smallest absolute Gasteiger partial charge is 0.249 e. The third-order valence-corrected chi connectivity index (χ3v) is 8.51. The minimum Gasteiger partial charge on any atom is -0.485 e. The highest BCUT2D eigenvalue weighted by molar-refractivity contribution is 5.85. The Morgan fingerprint density at radius 1 is 1.15 bits per heavy atom. The van der Waals surface area contributed by atoms with E-state index in [0.717, 1.165) is 80.7 Å². The Bertz CT molecular complexity index is 1250. The van der Waals surface area contributed by atoms with E-state index in [1.807, 2.05) is 19.2 Å². The number of aliphatic imine (C=N–C) groups is 1. The summed E-state index contributed by atoms with van der Waals surface area (Å²) in [6, 6.07) is 9.45. The number of nitrogens with zero attached hydrogens (tertiary/aromatic N) is 4. The fourth-order valence-corrected chi connectivity index (χ4v) is 6.05. The fourth-order valence-electron chi connectivity index (χ4n) is 6.05. The largest absolute Gasteiger partial charge is 0.485 e. The van der Waals surface area contributed by atoms with E-state index in [2.05, 4.69) is 31.3 Å². The molecule has 3 fully saturated rings. The highest BCUT2D eigenvalue weighted by Gasteiger charge is 2.50. The molecule has 4 aliphatic heterocycles. The Kier molecular flexibility index (Phi) is 7.32. The summed E-state index contributed by atoms with van der Waals surface area (Å²) in [6.07, 6.45) is 5.16. The molecule has 2 aromatic rings. The first-order valence-corrected chi connectivity index (χ1v) is 13.9. The van der Waals surface area contributed by atoms with Crippen LogP contribution in [0.2, 0.25) is 0 Å². The standard InChI is InChI=1S/C24H24F2N4O3.C5H11NO/c25-24(26)11-18(12-24)21-28-22(33-29-21)30-7-5-23(6-8-30)10-17-9-19(27-13-20(17)32-23)16-3-1-15(14-31)2-4-16;1-6-3-2-5(7)4-6/h1-4,9,13-14,18,22H,5-8,10-12H2,(H,28,29);5,7H,2-4H2,1H3. The van der Waals surface area contributed by atoms with Crippen molar-refractivity contribution in [3.8, 4) is 17.0 Å². The Hall–Kier alpha value is -2.99. The van der Waals surface area contributed by atoms with Crippen molar-refractivity contribution in [3.05, 3.63) is 47.7 Å². The van der Waals surface area contributed by atoms with Gasteiger partial charge in [-0.2, -0.15) is 0 Å². The molecule has 5 aliphatic rings. The highest BCUT2D eigenvalue weighted by atomic mass is 19.3. The van der Waals surface area contributed by atoms with E-state index < -0.39 is 12.3 Å². The number of hydrogen-bond donors (Lipinski definition) is 2. The van der Waals surface area contributed by atoms with Crippen molar-refractivity contribution in [2.24, 2.45) is 10.9 Å². The highest BCUT2D eigenvalue weighted by Crippen LogP contribution is 2.44. The number of hydrogen-bond acceptors (Lipinski definition) is 9. The van der Waals surface area contributed by atoms with Crippen molar-refractivity contribution in [1.29, 1.82) is 0 Å². The number of β-amino-alcohol motifs (C(OH)–C–C–N with tert-alkyl or cyclic N) is 1. The van der Waals surface area contributed by atoms with Gasteiger partial charge in [-0.25, -0.2) is 24.1 Å². The first-order valence-electron chi connectivity index (χ1n) is 13.9. The number of hydroxylamine groups is 1. The van der Waals surface area contributed by atoms with Gasteiger partial charge < -0.3 is 14.7 Å². The lowest BCUT2D eigenvalue weighted by atomic mass is 9.80. The van der Waals surface area contributed by atoms with E-state index in [-0.39, 0.29) is 30.5 Å². The number of rotatable bonds is 4. The van der Waals surface area contributed by atoms with Crippen molar-refractivity contribution in [1.82, 2.24) is 20.3 Å². The van der Waals surface area contributed by atoms with Gasteiger partial charge in [-0.1, -0.05) is 24.3 Å². The minimum absolute atomic E-state index is 0.0509. The van der Waals surface area contributed by atoms with Gasteiger partial charge in [-0.15, -0.1) is 0 Å². The molecule has 40 heavy (non-hydrogen) atoms. The monoisotopic (exact) mass is 555 g/mol. The van der Waals surface area contributed by atoms with Crippen LogP contribution in [0, 0.1) is 5.92 Å². The molecule has 1 aromatic carbocycles. The quantitative estimate of drug-likeness (QED) is 0.555. The van der Waals surface area contributed by atoms with Crippen LogP contribution in [0.15, 0.2) is 41.5 Å². The Balaban J connectivity index is 0.000000363. The maximum Gasteiger partial charge on any atom is 0.249 e. The summed E-state index contributed by atoms with van der Waals surface area (Å²) in [7, 11) is 2.02. The van der Waals surface area contributed by atoms with Crippen molar-refractivity contribution < 1.29 is 28.3 Å². The van der Waals surface area contributed by atoms with E-state index in [1.165, 1.54) is 0 Å². The number of halogens is 2. The van der Waals surface area contributed by atoms with Crippen LogP contribution in [-0.4, -0.2) is 89.2 Å². The van der Waals surface area contributed by atoms with Gasteiger partial charge in [0, 0.05) is 80.9 Å². The van der Waals surface area contributed by atoms with Crippen LogP contribution in [-0.2, 0) is 11.3 Å². The first-order chi connectivity index (χ1) is 19.2. The van der Waals surface area contributed by atoms with E-state index in [4.69, 9.17) is 14.7 Å². The van der Waals surface area contributed by atoms with Crippen molar-refractivity contribution in [2.45, 2.75) is 62.5 Å². The number of carbonyl (C=O) groups is 1. The van der Waals surface area contributed by atoms with E-state index in [9.17, 15) is 13.6 Å². The molecule has 7 rings (SSSR count). The predicted molar refractivity (Wildman–Crippen MR) is 144 cm³/mol. The number of alkyl halides is 2. The average Bonchev–Trinajstić information content (AvgIpc) is 3.66. The second-order valence-corrected chi connectivity index (χ2v) is 11.6. The van der Waals surface area contributed by atoms with Gasteiger partial charge in [-0.05, 0) is 19.5 Å². The maximum atomic E-state index is 13.2. The van der Waals surface area contributed by atoms with Crippen LogP contribution in [0.4, 0.5) is 8.78 Å². The molecule has 1 saturated carbocycles. The number of amidine groups is 1. The summed E-state index contributed by atoms with van der Waals surface area (Å²) in [4.78, 5) is 29.8. The van der Waals surface area contributed by atoms with E-state index >= 15 is 0 Å². The summed E-state index contributed by atoms with van der Waals surface area (Å²) in [5, 5.41) is 8.86. The Labute approximate surface area is 232 Å². The van der Waals surface area contributed by atoms with E-state index in [1.54, 1.807) is 18.3 Å². The van der Waals surface area contributed by atoms with Crippen LogP contribution in [0.3, 0.4) is 0 Å². The molecule has 0 radical (unpaired) electrons. The van der Waals surface area contributed by atoms with Crippen molar-refractivity contribution >= 4 is 12.1 Å². The van der Waals surface area contributed by atoms with Crippen LogP contribution < -0.4 is 10.2 Å². The van der Waals surface area contributed by atoms with Crippen LogP contribution in [0.1, 0.15) is 48.0 Å². The van der Waals surface area contributed by atoms with E-state index in [0.29, 0.717) is 11.4 Å². The zero-order valence-corrected chi connectivity index (χ0v) is 22.6. The molecule has 0 bridgehead atoms. The van der Waals surface area contributed by atoms with Gasteiger partial charge in [0.25, 0.3) is 0 Å². The Morgan fingerprint density at radius 3 is 2.50 bits per heavy atom. The lowest BCUT2D eigenvalue weighted by molar-refractivity contribution is -0.102. The molecule has 2 unspecified atom stereocenters. The number of ether oxygens (including phenoxy) is 1. The Morgan fingerprint density at radius 2 is 1.90 bits per heavy atom. The summed E-state index contributed by atoms with van der Waals surface area (Å²) in [5.41, 5.74) is 6.09. The van der Waals surface area contributed by atoms with Gasteiger partial charge >= 0.3 is 0 Å². The zero-order valence-electron chi connectivity index (χ0n) is 22.6. The fraction of sp³-hybridized carbons (Fsp3) is 0.552. The molecule has 9 nitrogen and oxygen atoms in total. The second kappa shape index (κ2) is 10.8. The zero-order chi connectivity index (χ0) is 27.9. The van der Waals surface area contributed by atoms with Crippen LogP contribution >= 0.6 is 0 Å². The number of likely N-dealkylation sites (N-methyl/N-ethyl adjacent to an activating group) is 1. The molecule has 2 saturated heterocycles. The van der Waals surface area contributed by atoms with Crippen molar-refractivity contribution in [3.63, 3.8) is 0 Å². The number of piperidine rings is 1. The normalized spacial score (nSPS) is 27.1. The van der Waals surface area contributed by atoms with Crippen molar-refractivity contribution in [2.75, 3.05) is 33.2 Å². The molecule has 5 heterocycles. The number of aldehydes is 1. The van der Waals surface area contributed by atoms with Crippen LogP contribution in [0.5, 0.6) is 5.75 Å². The lowest BCUT2D eigenvalue weighted by Crippen LogP contribution is -2.50. The topological polar surface area (TPSA) is 99.5 Å². The molecule has 2 atom stereocenters. The molecule has 11 heteroatoms. The van der Waals surface area contributed by atoms with Gasteiger partial charge in [-0.3, -0.25) is 14.7 Å². The number of aliphatic hydroxyl groups excluding tert-OH is 1. The van der Waals surface area contributed by atoms with Gasteiger partial charge in [0.15, 0.2) is 0 Å². The van der Waals surface area contributed by atoms with Gasteiger partial charge in [0.05, 0.1) is 18.0 Å². The number of nitrogens with one attached hydrogen (secondary N) is 1. The SMILES string of the molecule is CN1CCC(O)C1.O=Cc1ccc(-c2cc3c(cn2)OC2(CCN(C4N=C(C5CC(F)(F)C5)NO4)CC2)C3)cc1. The third kappa shape index (κ3) is 5.74. The summed E-state index contributed by atoms with van der Waals surface area (Å²) >= 11 is 0. The molecule has 214 valence electrons. The maximum absolute atomic E-state index is 13.2. The van der Waals surface area contributed by atoms with Gasteiger partial charge in [0.2, 0.25) is 12.3 Å². The minimum atomic E-state index is -2.58. The third-order valence-electron chi connectivity index (χ3n) is 8.51. The molecule has 0 amide bonds. The summed E-state index contributed by atoms with van der Waals surface area (Å²) in [5.74, 6) is -1.46. The molecule has 1 aromatic heterocycles. The number of pyridine rings is 1. The first kappa shape index (κ1) is 27.2.